The van der Waals surface area contributed by atoms with E-state index in [2.05, 4.69) is 59.0 Å². The normalized spacial score (nSPS) is 14.3. The molecule has 0 saturated carbocycles. The molecule has 2 radical (unpaired) electrons. The largest absolute Gasteiger partial charge is 0.460 e. The van der Waals surface area contributed by atoms with E-state index < -0.39 is 46.1 Å². The van der Waals surface area contributed by atoms with Crippen molar-refractivity contribution in [3.8, 4) is 0 Å². The Kier molecular flexibility index (Phi) is 13.8. The molecule has 0 fully saturated rings. The molecule has 1 unspecified atom stereocenters. The highest BCUT2D eigenvalue weighted by Gasteiger charge is 2.43. The molecule has 0 aromatic carbocycles. The van der Waals surface area contributed by atoms with Gasteiger partial charge in [-0.1, -0.05) is 6.58 Å². The van der Waals surface area contributed by atoms with E-state index in [0.29, 0.717) is 21.9 Å². The lowest BCUT2D eigenvalue weighted by atomic mass is 10.3. The molecule has 188 valence electrons. The smallest absolute Gasteiger partial charge is 0.333 e. The summed E-state index contributed by atoms with van der Waals surface area (Å²) in [6.07, 6.45) is -0.0263. The Labute approximate surface area is 201 Å². The molecule has 8 nitrogen and oxygen atoms in total. The number of carbonyl (C=O) groups is 1. The van der Waals surface area contributed by atoms with Crippen molar-refractivity contribution < 1.29 is 35.8 Å². The molecule has 0 amide bonds. The molecular weight excluding hydrogens is 497 g/mol. The van der Waals surface area contributed by atoms with Crippen molar-refractivity contribution in [2.45, 2.75) is 84.4 Å². The Morgan fingerprint density at radius 1 is 0.938 bits per heavy atom. The van der Waals surface area contributed by atoms with Gasteiger partial charge in [0.2, 0.25) is 9.76 Å². The van der Waals surface area contributed by atoms with Gasteiger partial charge in [-0.25, -0.2) is 4.79 Å². The lowest BCUT2D eigenvalue weighted by Gasteiger charge is -2.40. The molecule has 32 heavy (non-hydrogen) atoms. The number of aliphatic hydroxyl groups excluding tert-OH is 1. The Balaban J connectivity index is 4.40. The first-order chi connectivity index (χ1) is 14.4. The van der Waals surface area contributed by atoms with E-state index in [0.717, 1.165) is 12.5 Å². The summed E-state index contributed by atoms with van der Waals surface area (Å²) >= 11 is 0. The van der Waals surface area contributed by atoms with E-state index in [1.54, 1.807) is 6.92 Å². The number of carbonyl (C=O) groups excluding carboxylic acids is 1. The van der Waals surface area contributed by atoms with Crippen LogP contribution in [0.3, 0.4) is 0 Å². The molecule has 0 rings (SSSR count). The Bertz CT molecular complexity index is 598. The van der Waals surface area contributed by atoms with Crippen molar-refractivity contribution in [2.24, 2.45) is 0 Å². The van der Waals surface area contributed by atoms with Crippen LogP contribution in [-0.4, -0.2) is 80.8 Å². The second-order valence-corrected chi connectivity index (χ2v) is 25.9. The van der Waals surface area contributed by atoms with Gasteiger partial charge in [-0.15, -0.1) is 0 Å². The van der Waals surface area contributed by atoms with Gasteiger partial charge >= 0.3 is 31.7 Å². The zero-order chi connectivity index (χ0) is 25.2. The van der Waals surface area contributed by atoms with Gasteiger partial charge in [0.15, 0.2) is 8.32 Å². The zero-order valence-corrected chi connectivity index (χ0v) is 26.6. The molecule has 1 N–H and O–H groups in total. The first-order valence-corrected chi connectivity index (χ1v) is 23.9. The molecule has 1 atom stereocenters. The fourth-order valence-electron chi connectivity index (χ4n) is 3.37. The summed E-state index contributed by atoms with van der Waals surface area (Å²) in [4.78, 5) is 11.3. The Hall–Kier alpha value is 0.0544. The molecule has 0 bridgehead atoms. The van der Waals surface area contributed by atoms with Crippen molar-refractivity contribution in [3.63, 3.8) is 0 Å². The summed E-state index contributed by atoms with van der Waals surface area (Å²) < 4.78 is 35.7. The van der Waals surface area contributed by atoms with Crippen LogP contribution in [-0.2, 0) is 30.7 Å². The Morgan fingerprint density at radius 3 is 2.00 bits per heavy atom. The monoisotopic (exact) mass is 540 g/mol. The maximum absolute atomic E-state index is 11.3. The van der Waals surface area contributed by atoms with Gasteiger partial charge in [-0.3, -0.25) is 0 Å². The second-order valence-electron chi connectivity index (χ2n) is 9.78. The van der Waals surface area contributed by atoms with Gasteiger partial charge in [0, 0.05) is 12.2 Å². The van der Waals surface area contributed by atoms with Gasteiger partial charge in [-0.05, 0) is 78.3 Å². The number of hydrogen-bond donors (Lipinski definition) is 1. The minimum absolute atomic E-state index is 0.0999. The molecule has 0 aromatic rings. The molecule has 0 heterocycles. The number of esters is 1. The molecule has 0 spiro atoms. The maximum atomic E-state index is 11.3. The van der Waals surface area contributed by atoms with Crippen LogP contribution in [0.2, 0.25) is 65.0 Å². The summed E-state index contributed by atoms with van der Waals surface area (Å²) in [7, 11) is -8.53. The highest BCUT2D eigenvalue weighted by molar-refractivity contribution is 6.89. The van der Waals surface area contributed by atoms with Crippen molar-refractivity contribution in [3.05, 3.63) is 12.2 Å². The minimum atomic E-state index is -2.38. The fourth-order valence-corrected chi connectivity index (χ4v) is 23.2. The van der Waals surface area contributed by atoms with Gasteiger partial charge < -0.3 is 31.0 Å². The lowest BCUT2D eigenvalue weighted by Crippen LogP contribution is -2.57. The number of rotatable bonds is 17. The molecule has 0 aliphatic heterocycles. The number of aliphatic hydroxyl groups is 1. The van der Waals surface area contributed by atoms with Crippen LogP contribution in [0.4, 0.5) is 0 Å². The third kappa shape index (κ3) is 15.8. The van der Waals surface area contributed by atoms with Gasteiger partial charge in [0.05, 0.1) is 6.61 Å². The third-order valence-corrected chi connectivity index (χ3v) is 20.4. The van der Waals surface area contributed by atoms with Crippen LogP contribution in [0.25, 0.3) is 0 Å². The summed E-state index contributed by atoms with van der Waals surface area (Å²) in [5.74, 6) is -0.510. The molecule has 0 aromatic heterocycles. The van der Waals surface area contributed by atoms with Crippen LogP contribution in [0.15, 0.2) is 12.2 Å². The SMILES string of the molecule is C=C(C)C(=O)OCC(O)COCCC[Si](C)(C)O[Si](C)(C)O[Si](C)(C)O[Si](C)(C)O[Si]C. The highest BCUT2D eigenvalue weighted by Crippen LogP contribution is 2.26. The third-order valence-electron chi connectivity index (χ3n) is 3.99. The summed E-state index contributed by atoms with van der Waals surface area (Å²) in [6.45, 7) is 24.4. The van der Waals surface area contributed by atoms with Crippen LogP contribution in [0.5, 0.6) is 0 Å². The van der Waals surface area contributed by atoms with Crippen LogP contribution in [0, 0.1) is 0 Å². The maximum Gasteiger partial charge on any atom is 0.333 e. The quantitative estimate of drug-likeness (QED) is 0.128. The van der Waals surface area contributed by atoms with Crippen molar-refractivity contribution in [2.75, 3.05) is 19.8 Å². The Morgan fingerprint density at radius 2 is 1.47 bits per heavy atom. The van der Waals surface area contributed by atoms with E-state index in [4.69, 9.17) is 25.9 Å². The molecule has 0 aliphatic carbocycles. The minimum Gasteiger partial charge on any atom is -0.460 e. The summed E-state index contributed by atoms with van der Waals surface area (Å²) in [5, 5.41) is 9.84. The molecule has 0 aliphatic rings. The van der Waals surface area contributed by atoms with Crippen LogP contribution in [0.1, 0.15) is 13.3 Å². The molecular formula is C19H44O8Si5. The zero-order valence-electron chi connectivity index (χ0n) is 21.6. The van der Waals surface area contributed by atoms with Crippen molar-refractivity contribution >= 4 is 49.7 Å². The van der Waals surface area contributed by atoms with E-state index in [9.17, 15) is 9.90 Å². The van der Waals surface area contributed by atoms with E-state index >= 15 is 0 Å². The van der Waals surface area contributed by atoms with Crippen LogP contribution < -0.4 is 0 Å². The summed E-state index contributed by atoms with van der Waals surface area (Å²) in [6, 6.07) is 0.913. The van der Waals surface area contributed by atoms with Crippen molar-refractivity contribution in [1.82, 2.24) is 0 Å². The van der Waals surface area contributed by atoms with Gasteiger partial charge in [-0.2, -0.15) is 0 Å². The standard InChI is InChI=1S/C19H44O8Si5/c1-17(2)19(21)23-16-18(20)15-22-13-12-14-29(4,5)25-31(8,9)27-32(10,11)26-30(6,7)24-28-3/h18,20H,1,12-16H2,2-11H3. The first-order valence-electron chi connectivity index (χ1n) is 10.9. The topological polar surface area (TPSA) is 92.7 Å². The van der Waals surface area contributed by atoms with Gasteiger partial charge in [0.1, 0.15) is 12.7 Å². The summed E-state index contributed by atoms with van der Waals surface area (Å²) in [5.41, 5.74) is 0.304. The number of hydrogen-bond acceptors (Lipinski definition) is 8. The highest BCUT2D eigenvalue weighted by atomic mass is 28.5. The lowest BCUT2D eigenvalue weighted by molar-refractivity contribution is -0.143. The number of ether oxygens (including phenoxy) is 2. The van der Waals surface area contributed by atoms with Crippen molar-refractivity contribution in [1.29, 1.82) is 0 Å². The second kappa shape index (κ2) is 13.8. The van der Waals surface area contributed by atoms with Crippen LogP contribution >= 0.6 is 0 Å². The van der Waals surface area contributed by atoms with Gasteiger partial charge in [0.25, 0.3) is 0 Å². The molecule has 13 heteroatoms. The first kappa shape index (κ1) is 32.1. The predicted molar refractivity (Wildman–Crippen MR) is 138 cm³/mol. The average Bonchev–Trinajstić information content (AvgIpc) is 2.55. The van der Waals surface area contributed by atoms with E-state index in [1.165, 1.54) is 0 Å². The predicted octanol–water partition coefficient (Wildman–Crippen LogP) is 3.92. The van der Waals surface area contributed by atoms with E-state index in [-0.39, 0.29) is 13.2 Å². The fraction of sp³-hybridized carbons (Fsp3) is 0.842. The molecule has 0 saturated heterocycles. The van der Waals surface area contributed by atoms with E-state index in [1.807, 2.05) is 6.55 Å². The average molecular weight is 541 g/mol.